The van der Waals surface area contributed by atoms with Crippen LogP contribution in [0.4, 0.5) is 0 Å². The minimum Gasteiger partial charge on any atom is -0.300 e. The van der Waals surface area contributed by atoms with Gasteiger partial charge in [0, 0.05) is 12.8 Å². The van der Waals surface area contributed by atoms with Crippen LogP contribution >= 0.6 is 0 Å². The van der Waals surface area contributed by atoms with Crippen LogP contribution in [0.15, 0.2) is 29.8 Å². The smallest absolute Gasteiger partial charge is 0.134 e. The minimum absolute atomic E-state index is 0.489. The first-order valence-corrected chi connectivity index (χ1v) is 7.66. The summed E-state index contributed by atoms with van der Waals surface area (Å²) in [6, 6.07) is 8.81. The molecule has 0 saturated heterocycles. The zero-order valence-corrected chi connectivity index (χ0v) is 11.3. The first-order valence-electron chi connectivity index (χ1n) is 7.66. The van der Waals surface area contributed by atoms with Crippen LogP contribution in [-0.2, 0) is 11.2 Å². The molecule has 1 aromatic rings. The molecule has 98 valence electrons. The van der Waals surface area contributed by atoms with Crippen LogP contribution in [0.2, 0.25) is 0 Å². The predicted molar refractivity (Wildman–Crippen MR) is 76.8 cm³/mol. The molecule has 0 amide bonds. The number of carbonyl (C=O) groups excluding carboxylic acids is 1. The molecule has 1 saturated carbocycles. The van der Waals surface area contributed by atoms with E-state index in [9.17, 15) is 4.79 Å². The van der Waals surface area contributed by atoms with Gasteiger partial charge in [0.15, 0.2) is 0 Å². The summed E-state index contributed by atoms with van der Waals surface area (Å²) in [5.41, 5.74) is 6.15. The molecule has 0 aromatic heterocycles. The summed E-state index contributed by atoms with van der Waals surface area (Å²) in [5.74, 6) is 1.55. The topological polar surface area (TPSA) is 17.1 Å². The Kier molecular flexibility index (Phi) is 2.61. The monoisotopic (exact) mass is 252 g/mol. The average molecular weight is 252 g/mol. The first-order chi connectivity index (χ1) is 9.33. The molecule has 3 aliphatic rings. The fraction of sp³-hybridized carbons (Fsp3) is 0.500. The molecule has 0 N–H and O–H groups in total. The van der Waals surface area contributed by atoms with Crippen LogP contribution in [-0.4, -0.2) is 5.78 Å². The third kappa shape index (κ3) is 1.79. The van der Waals surface area contributed by atoms with Gasteiger partial charge in [0.05, 0.1) is 0 Å². The molecular weight excluding hydrogens is 232 g/mol. The highest BCUT2D eigenvalue weighted by atomic mass is 16.1. The molecule has 3 aliphatic carbocycles. The Labute approximate surface area is 114 Å². The van der Waals surface area contributed by atoms with Gasteiger partial charge in [0.25, 0.3) is 0 Å². The van der Waals surface area contributed by atoms with Gasteiger partial charge in [-0.3, -0.25) is 4.79 Å². The fourth-order valence-electron chi connectivity index (χ4n) is 4.46. The summed E-state index contributed by atoms with van der Waals surface area (Å²) < 4.78 is 0. The van der Waals surface area contributed by atoms with Gasteiger partial charge >= 0.3 is 0 Å². The first kappa shape index (κ1) is 11.5. The Balaban J connectivity index is 1.89. The standard InChI is InChI=1S/C18H20O/c19-15-10-13-6-2-4-8-17(13)18-14(11-15)9-12-5-1-3-7-16(12)18/h1,3,5,7,13-14H,2,4,6,8-11H2/t13-,14+/m1/s1. The van der Waals surface area contributed by atoms with E-state index in [1.54, 1.807) is 11.1 Å². The normalized spacial score (nSPS) is 29.6. The zero-order chi connectivity index (χ0) is 12.8. The molecule has 0 unspecified atom stereocenters. The molecule has 0 radical (unpaired) electrons. The number of allylic oxidation sites excluding steroid dienone is 2. The molecule has 0 bridgehead atoms. The number of Topliss-reactive ketones (excluding diaryl/α,β-unsaturated/α-hetero) is 1. The summed E-state index contributed by atoms with van der Waals surface area (Å²) in [7, 11) is 0. The van der Waals surface area contributed by atoms with Crippen molar-refractivity contribution in [3.63, 3.8) is 0 Å². The van der Waals surface area contributed by atoms with Gasteiger partial charge in [0.1, 0.15) is 5.78 Å². The highest BCUT2D eigenvalue weighted by Gasteiger charge is 2.37. The number of ketones is 1. The highest BCUT2D eigenvalue weighted by Crippen LogP contribution is 2.48. The van der Waals surface area contributed by atoms with Crippen LogP contribution in [0.5, 0.6) is 0 Å². The Hall–Kier alpha value is -1.37. The van der Waals surface area contributed by atoms with Crippen molar-refractivity contribution in [2.24, 2.45) is 11.8 Å². The van der Waals surface area contributed by atoms with E-state index in [4.69, 9.17) is 0 Å². The summed E-state index contributed by atoms with van der Waals surface area (Å²) >= 11 is 0. The number of benzene rings is 1. The maximum Gasteiger partial charge on any atom is 0.134 e. The van der Waals surface area contributed by atoms with Crippen LogP contribution < -0.4 is 0 Å². The summed E-state index contributed by atoms with van der Waals surface area (Å²) in [5, 5.41) is 0. The van der Waals surface area contributed by atoms with Gasteiger partial charge in [-0.1, -0.05) is 36.3 Å². The van der Waals surface area contributed by atoms with Crippen LogP contribution in [0.1, 0.15) is 49.7 Å². The van der Waals surface area contributed by atoms with Crippen molar-refractivity contribution < 1.29 is 4.79 Å². The summed E-state index contributed by atoms with van der Waals surface area (Å²) in [4.78, 5) is 12.2. The second-order valence-corrected chi connectivity index (χ2v) is 6.39. The molecule has 0 spiro atoms. The lowest BCUT2D eigenvalue weighted by Crippen LogP contribution is -2.13. The van der Waals surface area contributed by atoms with Crippen molar-refractivity contribution in [1.29, 1.82) is 0 Å². The van der Waals surface area contributed by atoms with Crippen molar-refractivity contribution in [3.05, 3.63) is 41.0 Å². The highest BCUT2D eigenvalue weighted by molar-refractivity contribution is 5.87. The lowest BCUT2D eigenvalue weighted by Gasteiger charge is -2.26. The van der Waals surface area contributed by atoms with Gasteiger partial charge in [-0.25, -0.2) is 0 Å². The Morgan fingerprint density at radius 3 is 2.74 bits per heavy atom. The van der Waals surface area contributed by atoms with Crippen LogP contribution in [0.3, 0.4) is 0 Å². The number of carbonyl (C=O) groups is 1. The van der Waals surface area contributed by atoms with Gasteiger partial charge in [-0.2, -0.15) is 0 Å². The third-order valence-corrected chi connectivity index (χ3v) is 5.22. The molecule has 1 fully saturated rings. The van der Waals surface area contributed by atoms with E-state index in [0.717, 1.165) is 19.3 Å². The molecule has 19 heavy (non-hydrogen) atoms. The number of hydrogen-bond acceptors (Lipinski definition) is 1. The molecule has 0 heterocycles. The molecule has 1 aromatic carbocycles. The SMILES string of the molecule is O=C1C[C@H]2CCCCC2=C2c3ccccc3C[C@H]2C1. The average Bonchev–Trinajstić information content (AvgIpc) is 2.70. The van der Waals surface area contributed by atoms with Crippen molar-refractivity contribution in [2.75, 3.05) is 0 Å². The maximum absolute atomic E-state index is 12.2. The summed E-state index contributed by atoms with van der Waals surface area (Å²) in [6.07, 6.45) is 7.78. The fourth-order valence-corrected chi connectivity index (χ4v) is 4.46. The van der Waals surface area contributed by atoms with Gasteiger partial charge in [-0.05, 0) is 54.2 Å². The second kappa shape index (κ2) is 4.33. The molecule has 4 rings (SSSR count). The van der Waals surface area contributed by atoms with Gasteiger partial charge in [0.2, 0.25) is 0 Å². The van der Waals surface area contributed by atoms with Gasteiger partial charge < -0.3 is 0 Å². The Morgan fingerprint density at radius 1 is 0.947 bits per heavy atom. The molecule has 0 aliphatic heterocycles. The van der Waals surface area contributed by atoms with Crippen molar-refractivity contribution in [3.8, 4) is 0 Å². The summed E-state index contributed by atoms with van der Waals surface area (Å²) in [6.45, 7) is 0. The van der Waals surface area contributed by atoms with E-state index in [0.29, 0.717) is 17.6 Å². The number of fused-ring (bicyclic) bond motifs is 4. The van der Waals surface area contributed by atoms with Crippen molar-refractivity contribution in [1.82, 2.24) is 0 Å². The zero-order valence-electron chi connectivity index (χ0n) is 11.3. The van der Waals surface area contributed by atoms with E-state index < -0.39 is 0 Å². The van der Waals surface area contributed by atoms with E-state index in [-0.39, 0.29) is 0 Å². The number of hydrogen-bond donors (Lipinski definition) is 0. The Morgan fingerprint density at radius 2 is 1.79 bits per heavy atom. The Bertz CT molecular complexity index is 567. The van der Waals surface area contributed by atoms with Crippen LogP contribution in [0.25, 0.3) is 5.57 Å². The third-order valence-electron chi connectivity index (χ3n) is 5.22. The van der Waals surface area contributed by atoms with Crippen molar-refractivity contribution >= 4 is 11.4 Å². The maximum atomic E-state index is 12.2. The molecule has 1 heteroatoms. The molecular formula is C18H20O. The van der Waals surface area contributed by atoms with Gasteiger partial charge in [-0.15, -0.1) is 0 Å². The lowest BCUT2D eigenvalue weighted by molar-refractivity contribution is -0.120. The van der Waals surface area contributed by atoms with E-state index in [1.165, 1.54) is 36.8 Å². The molecule has 1 nitrogen and oxygen atoms in total. The second-order valence-electron chi connectivity index (χ2n) is 6.39. The lowest BCUT2D eigenvalue weighted by atomic mass is 9.79. The predicted octanol–water partition coefficient (Wildman–Crippen LogP) is 4.17. The molecule has 2 atom stereocenters. The van der Waals surface area contributed by atoms with E-state index >= 15 is 0 Å². The minimum atomic E-state index is 0.489. The van der Waals surface area contributed by atoms with Crippen molar-refractivity contribution in [2.45, 2.75) is 44.9 Å². The largest absolute Gasteiger partial charge is 0.300 e. The van der Waals surface area contributed by atoms with E-state index in [2.05, 4.69) is 24.3 Å². The number of rotatable bonds is 0. The van der Waals surface area contributed by atoms with Crippen LogP contribution in [0, 0.1) is 11.8 Å². The quantitative estimate of drug-likeness (QED) is 0.677. The van der Waals surface area contributed by atoms with E-state index in [1.807, 2.05) is 0 Å².